The standard InChI is InChI=1S/C25H18ClF3N2O3S.Na/c26-21-19(22(32)30-24(10-11-24)16-7-3-15(4-8-16)23(33)34)20-18(35-21)9-12-31(20)13-14-1-5-17(6-2-14)25(27,28)29;/h1-9,12H,10-11,13H2,(H,30,32)(H,33,34);/q;+1/p-1. The van der Waals surface area contributed by atoms with Gasteiger partial charge in [-0.05, 0) is 47.7 Å². The largest absolute Gasteiger partial charge is 1.00 e. The van der Waals surface area contributed by atoms with Crippen molar-refractivity contribution in [2.45, 2.75) is 31.1 Å². The summed E-state index contributed by atoms with van der Waals surface area (Å²) in [4.78, 5) is 24.4. The number of nitrogens with zero attached hydrogens (tertiary/aromatic N) is 1. The Labute approximate surface area is 235 Å². The maximum absolute atomic E-state index is 13.4. The molecule has 1 aliphatic rings. The normalized spacial score (nSPS) is 14.3. The molecule has 180 valence electrons. The Hall–Kier alpha value is -2.30. The van der Waals surface area contributed by atoms with Crippen molar-refractivity contribution in [3.63, 3.8) is 0 Å². The zero-order chi connectivity index (χ0) is 25.0. The molecule has 1 aliphatic carbocycles. The fourth-order valence-electron chi connectivity index (χ4n) is 4.18. The van der Waals surface area contributed by atoms with Crippen LogP contribution in [0.25, 0.3) is 10.2 Å². The number of aromatic nitrogens is 1. The predicted molar refractivity (Wildman–Crippen MR) is 125 cm³/mol. The number of carboxylic acids is 1. The van der Waals surface area contributed by atoms with Crippen LogP contribution in [0.1, 0.15) is 50.2 Å². The molecule has 1 amide bonds. The van der Waals surface area contributed by atoms with Crippen LogP contribution in [-0.2, 0) is 18.3 Å². The van der Waals surface area contributed by atoms with Crippen molar-refractivity contribution >= 4 is 45.0 Å². The van der Waals surface area contributed by atoms with Crippen LogP contribution in [0.5, 0.6) is 0 Å². The third-order valence-electron chi connectivity index (χ3n) is 6.20. The molecule has 1 fully saturated rings. The molecular formula is C25H17ClF3N2NaO3S. The summed E-state index contributed by atoms with van der Waals surface area (Å²) in [6, 6.07) is 12.9. The summed E-state index contributed by atoms with van der Waals surface area (Å²) in [5.41, 5.74) is 1.08. The number of alkyl halides is 3. The summed E-state index contributed by atoms with van der Waals surface area (Å²) in [6.45, 7) is 0.269. The zero-order valence-electron chi connectivity index (χ0n) is 19.0. The monoisotopic (exact) mass is 540 g/mol. The average Bonchev–Trinajstić information content (AvgIpc) is 3.38. The van der Waals surface area contributed by atoms with Crippen molar-refractivity contribution in [3.05, 3.63) is 92.9 Å². The third-order valence-corrected chi connectivity index (χ3v) is 7.55. The van der Waals surface area contributed by atoms with Gasteiger partial charge in [-0.2, -0.15) is 13.2 Å². The molecule has 0 unspecified atom stereocenters. The van der Waals surface area contributed by atoms with Gasteiger partial charge in [0, 0.05) is 12.7 Å². The van der Waals surface area contributed by atoms with Crippen molar-refractivity contribution in [2.24, 2.45) is 0 Å². The number of amides is 1. The topological polar surface area (TPSA) is 74.2 Å². The van der Waals surface area contributed by atoms with Crippen molar-refractivity contribution in [1.82, 2.24) is 9.88 Å². The fraction of sp³-hybridized carbons (Fsp3) is 0.200. The number of hydrogen-bond acceptors (Lipinski definition) is 4. The second-order valence-electron chi connectivity index (χ2n) is 8.50. The Morgan fingerprint density at radius 1 is 1.06 bits per heavy atom. The van der Waals surface area contributed by atoms with E-state index in [1.54, 1.807) is 22.9 Å². The molecule has 5 rings (SSSR count). The van der Waals surface area contributed by atoms with Gasteiger partial charge >= 0.3 is 35.7 Å². The summed E-state index contributed by atoms with van der Waals surface area (Å²) in [5, 5.41) is 14.1. The summed E-state index contributed by atoms with van der Waals surface area (Å²) in [6.07, 6.45) is -1.24. The number of carbonyl (C=O) groups excluding carboxylic acids is 2. The second-order valence-corrected chi connectivity index (χ2v) is 10.2. The van der Waals surface area contributed by atoms with Crippen molar-refractivity contribution in [2.75, 3.05) is 0 Å². The van der Waals surface area contributed by atoms with Crippen LogP contribution in [0.3, 0.4) is 0 Å². The van der Waals surface area contributed by atoms with Crippen LogP contribution in [0.4, 0.5) is 13.2 Å². The number of fused-ring (bicyclic) bond motifs is 1. The van der Waals surface area contributed by atoms with Gasteiger partial charge in [-0.15, -0.1) is 11.3 Å². The Morgan fingerprint density at radius 3 is 2.25 bits per heavy atom. The molecule has 2 aromatic carbocycles. The van der Waals surface area contributed by atoms with Gasteiger partial charge in [-0.3, -0.25) is 4.79 Å². The second kappa shape index (κ2) is 9.87. The van der Waals surface area contributed by atoms with Gasteiger partial charge in [0.15, 0.2) is 0 Å². The first kappa shape index (κ1) is 26.8. The maximum atomic E-state index is 13.4. The van der Waals surface area contributed by atoms with Gasteiger partial charge in [-0.25, -0.2) is 0 Å². The van der Waals surface area contributed by atoms with Gasteiger partial charge in [0.05, 0.1) is 32.9 Å². The summed E-state index contributed by atoms with van der Waals surface area (Å²) in [7, 11) is 0. The van der Waals surface area contributed by atoms with E-state index in [2.05, 4.69) is 5.32 Å². The van der Waals surface area contributed by atoms with E-state index in [0.29, 0.717) is 33.8 Å². The molecule has 4 aromatic rings. The SMILES string of the molecule is O=C([O-])c1ccc(C2(NC(=O)c3c(Cl)sc4ccn(Cc5ccc(C(F)(F)F)cc5)c34)CC2)cc1.[Na+]. The van der Waals surface area contributed by atoms with E-state index in [1.807, 2.05) is 6.07 Å². The third kappa shape index (κ3) is 5.08. The first-order chi connectivity index (χ1) is 16.6. The number of halogens is 4. The predicted octanol–water partition coefficient (Wildman–Crippen LogP) is 2.21. The minimum atomic E-state index is -4.41. The molecule has 0 radical (unpaired) electrons. The Balaban J connectivity index is 0.00000304. The number of thiophene rings is 1. The van der Waals surface area contributed by atoms with Gasteiger partial charge in [0.1, 0.15) is 4.34 Å². The minimum Gasteiger partial charge on any atom is -0.545 e. The number of benzene rings is 2. The molecule has 11 heteroatoms. The van der Waals surface area contributed by atoms with Gasteiger partial charge < -0.3 is 19.8 Å². The minimum absolute atomic E-state index is 0. The smallest absolute Gasteiger partial charge is 0.545 e. The van der Waals surface area contributed by atoms with E-state index in [1.165, 1.54) is 35.6 Å². The fourth-order valence-corrected chi connectivity index (χ4v) is 5.54. The van der Waals surface area contributed by atoms with Crippen LogP contribution < -0.4 is 40.0 Å². The van der Waals surface area contributed by atoms with E-state index in [-0.39, 0.29) is 47.6 Å². The number of rotatable bonds is 6. The Kier molecular flexibility index (Phi) is 7.34. The van der Waals surface area contributed by atoms with Crippen molar-refractivity contribution < 1.29 is 57.4 Å². The molecule has 2 aromatic heterocycles. The molecular weight excluding hydrogens is 524 g/mol. The van der Waals surface area contributed by atoms with E-state index < -0.39 is 23.2 Å². The van der Waals surface area contributed by atoms with Crippen LogP contribution in [0.15, 0.2) is 60.8 Å². The number of carboxylic acid groups (broad SMARTS) is 1. The van der Waals surface area contributed by atoms with Crippen LogP contribution in [0.2, 0.25) is 4.34 Å². The molecule has 0 spiro atoms. The molecule has 0 aliphatic heterocycles. The summed E-state index contributed by atoms with van der Waals surface area (Å²) < 4.78 is 41.5. The van der Waals surface area contributed by atoms with E-state index in [4.69, 9.17) is 11.6 Å². The maximum Gasteiger partial charge on any atom is 1.00 e. The van der Waals surface area contributed by atoms with Crippen LogP contribution in [0, 0.1) is 0 Å². The van der Waals surface area contributed by atoms with Crippen LogP contribution in [-0.4, -0.2) is 16.4 Å². The quantitative estimate of drug-likeness (QED) is 0.381. The Bertz CT molecular complexity index is 1440. The summed E-state index contributed by atoms with van der Waals surface area (Å²) in [5.74, 6) is -1.64. The molecule has 36 heavy (non-hydrogen) atoms. The first-order valence-electron chi connectivity index (χ1n) is 10.6. The summed E-state index contributed by atoms with van der Waals surface area (Å²) >= 11 is 7.70. The van der Waals surface area contributed by atoms with Gasteiger partial charge in [0.2, 0.25) is 0 Å². The molecule has 0 bridgehead atoms. The molecule has 0 atom stereocenters. The van der Waals surface area contributed by atoms with Gasteiger partial charge in [0.25, 0.3) is 5.91 Å². The van der Waals surface area contributed by atoms with Crippen molar-refractivity contribution in [1.29, 1.82) is 0 Å². The molecule has 5 nitrogen and oxygen atoms in total. The molecule has 1 saturated carbocycles. The van der Waals surface area contributed by atoms with Crippen LogP contribution >= 0.6 is 22.9 Å². The van der Waals surface area contributed by atoms with Crippen molar-refractivity contribution in [3.8, 4) is 0 Å². The van der Waals surface area contributed by atoms with E-state index in [0.717, 1.165) is 22.4 Å². The number of hydrogen-bond donors (Lipinski definition) is 1. The first-order valence-corrected chi connectivity index (χ1v) is 11.8. The number of carbonyl (C=O) groups is 2. The molecule has 2 heterocycles. The number of aromatic carboxylic acids is 1. The number of nitrogens with one attached hydrogen (secondary N) is 1. The Morgan fingerprint density at radius 2 is 1.69 bits per heavy atom. The van der Waals surface area contributed by atoms with E-state index in [9.17, 15) is 27.9 Å². The molecule has 0 saturated heterocycles. The molecule has 1 N–H and O–H groups in total. The average molecular weight is 541 g/mol. The zero-order valence-corrected chi connectivity index (χ0v) is 22.6. The van der Waals surface area contributed by atoms with E-state index >= 15 is 0 Å². The van der Waals surface area contributed by atoms with Gasteiger partial charge in [-0.1, -0.05) is 48.0 Å².